The second-order valence-electron chi connectivity index (χ2n) is 2.46. The molecule has 5 heteroatoms. The zero-order chi connectivity index (χ0) is 10.7. The lowest BCUT2D eigenvalue weighted by molar-refractivity contribution is 0.0600. The van der Waals surface area contributed by atoms with Crippen molar-refractivity contribution in [3.63, 3.8) is 0 Å². The Bertz CT molecular complexity index is 426. The maximum Gasteiger partial charge on any atom is 0.337 e. The molecule has 0 aliphatic carbocycles. The van der Waals surface area contributed by atoms with Gasteiger partial charge in [0.1, 0.15) is 6.07 Å². The first-order valence-corrected chi connectivity index (χ1v) is 5.13. The predicted octanol–water partition coefficient (Wildman–Crippen LogP) is 2.24. The molecule has 0 aliphatic heterocycles. The lowest BCUT2D eigenvalue weighted by Gasteiger charge is -2.03. The van der Waals surface area contributed by atoms with E-state index in [9.17, 15) is 4.79 Å². The van der Waals surface area contributed by atoms with Crippen molar-refractivity contribution in [2.75, 3.05) is 7.11 Å². The molecule has 0 amide bonds. The van der Waals surface area contributed by atoms with E-state index in [0.29, 0.717) is 16.0 Å². The van der Waals surface area contributed by atoms with Crippen LogP contribution in [0.4, 0.5) is 0 Å². The van der Waals surface area contributed by atoms with E-state index in [1.165, 1.54) is 13.2 Å². The van der Waals surface area contributed by atoms with Crippen LogP contribution in [0.25, 0.3) is 0 Å². The summed E-state index contributed by atoms with van der Waals surface area (Å²) >= 11 is 6.17. The molecule has 0 aromatic heterocycles. The molecule has 0 unspecified atom stereocenters. The number of benzene rings is 1. The number of halogens is 1. The zero-order valence-electron chi connectivity index (χ0n) is 7.24. The average molecular weight is 319 g/mol. The summed E-state index contributed by atoms with van der Waals surface area (Å²) in [7, 11) is 1.30. The lowest BCUT2D eigenvalue weighted by Crippen LogP contribution is -2.02. The minimum absolute atomic E-state index is 0.367. The van der Waals surface area contributed by atoms with E-state index in [1.54, 1.807) is 6.07 Å². The minimum Gasteiger partial charge on any atom is -0.465 e. The van der Waals surface area contributed by atoms with Crippen molar-refractivity contribution in [2.45, 2.75) is 4.90 Å². The van der Waals surface area contributed by atoms with Gasteiger partial charge in [0.25, 0.3) is 0 Å². The standard InChI is InChI=1S/C9H6INO2S/c1-13-9(12)5-2-6(4-11)8(14)7(10)3-5/h2-3,14H,1H3. The Balaban J connectivity index is 3.32. The topological polar surface area (TPSA) is 50.1 Å². The summed E-state index contributed by atoms with van der Waals surface area (Å²) in [6, 6.07) is 5.07. The fourth-order valence-corrected chi connectivity index (χ4v) is 1.73. The smallest absolute Gasteiger partial charge is 0.337 e. The summed E-state index contributed by atoms with van der Waals surface area (Å²) in [5.41, 5.74) is 0.742. The first-order chi connectivity index (χ1) is 6.60. The van der Waals surface area contributed by atoms with Gasteiger partial charge in [0.05, 0.1) is 18.2 Å². The number of carbonyl (C=O) groups excluding carboxylic acids is 1. The van der Waals surface area contributed by atoms with Gasteiger partial charge in [0.2, 0.25) is 0 Å². The van der Waals surface area contributed by atoms with E-state index in [4.69, 9.17) is 5.26 Å². The van der Waals surface area contributed by atoms with Crippen LogP contribution in [0.15, 0.2) is 17.0 Å². The first kappa shape index (κ1) is 11.3. The molecule has 14 heavy (non-hydrogen) atoms. The molecule has 0 saturated heterocycles. The summed E-state index contributed by atoms with van der Waals surface area (Å²) in [6.07, 6.45) is 0. The Morgan fingerprint density at radius 2 is 2.29 bits per heavy atom. The number of methoxy groups -OCH3 is 1. The SMILES string of the molecule is COC(=O)c1cc(I)c(S)c(C#N)c1. The molecule has 0 saturated carbocycles. The second-order valence-corrected chi connectivity index (χ2v) is 4.07. The van der Waals surface area contributed by atoms with Gasteiger partial charge >= 0.3 is 5.97 Å². The number of thiol groups is 1. The molecule has 0 radical (unpaired) electrons. The van der Waals surface area contributed by atoms with Crippen molar-refractivity contribution in [2.24, 2.45) is 0 Å². The number of carbonyl (C=O) groups is 1. The largest absolute Gasteiger partial charge is 0.465 e. The molecule has 0 bridgehead atoms. The highest BCUT2D eigenvalue weighted by Crippen LogP contribution is 2.22. The summed E-state index contributed by atoms with van der Waals surface area (Å²) in [6.45, 7) is 0. The molecule has 0 fully saturated rings. The Hall–Kier alpha value is -0.740. The van der Waals surface area contributed by atoms with E-state index >= 15 is 0 Å². The van der Waals surface area contributed by atoms with Crippen LogP contribution < -0.4 is 0 Å². The van der Waals surface area contributed by atoms with Crippen molar-refractivity contribution in [1.29, 1.82) is 5.26 Å². The third-order valence-electron chi connectivity index (χ3n) is 1.60. The molecule has 0 atom stereocenters. The molecule has 0 N–H and O–H groups in total. The molecule has 0 heterocycles. The fraction of sp³-hybridized carbons (Fsp3) is 0.111. The minimum atomic E-state index is -0.451. The summed E-state index contributed by atoms with van der Waals surface area (Å²) < 4.78 is 5.31. The first-order valence-electron chi connectivity index (χ1n) is 3.61. The molecule has 0 aliphatic rings. The number of hydrogen-bond acceptors (Lipinski definition) is 4. The highest BCUT2D eigenvalue weighted by Gasteiger charge is 2.11. The van der Waals surface area contributed by atoms with Gasteiger partial charge < -0.3 is 4.74 Å². The van der Waals surface area contributed by atoms with Gasteiger partial charge in [-0.1, -0.05) is 0 Å². The third-order valence-corrected chi connectivity index (χ3v) is 3.36. The Labute approximate surface area is 101 Å². The van der Waals surface area contributed by atoms with Gasteiger partial charge in [-0.3, -0.25) is 0 Å². The molecule has 1 aromatic rings. The Kier molecular flexibility index (Phi) is 3.77. The van der Waals surface area contributed by atoms with Crippen LogP contribution in [0.2, 0.25) is 0 Å². The number of esters is 1. The monoisotopic (exact) mass is 319 g/mol. The van der Waals surface area contributed by atoms with Crippen LogP contribution in [0.5, 0.6) is 0 Å². The quantitative estimate of drug-likeness (QED) is 0.491. The van der Waals surface area contributed by atoms with Crippen molar-refractivity contribution in [1.82, 2.24) is 0 Å². The van der Waals surface area contributed by atoms with Crippen LogP contribution in [-0.4, -0.2) is 13.1 Å². The molecule has 3 nitrogen and oxygen atoms in total. The number of nitriles is 1. The summed E-state index contributed by atoms with van der Waals surface area (Å²) in [5, 5.41) is 8.77. The number of ether oxygens (including phenoxy) is 1. The third kappa shape index (κ3) is 2.19. The molecule has 72 valence electrons. The van der Waals surface area contributed by atoms with Gasteiger partial charge in [-0.25, -0.2) is 4.79 Å². The normalized spacial score (nSPS) is 9.29. The molecule has 1 aromatic carbocycles. The van der Waals surface area contributed by atoms with Crippen molar-refractivity contribution in [3.8, 4) is 6.07 Å². The molecular weight excluding hydrogens is 313 g/mol. The van der Waals surface area contributed by atoms with Gasteiger partial charge in [-0.15, -0.1) is 12.6 Å². The van der Waals surface area contributed by atoms with Crippen LogP contribution in [-0.2, 0) is 4.74 Å². The van der Waals surface area contributed by atoms with Crippen molar-refractivity contribution >= 4 is 41.2 Å². The fourth-order valence-electron chi connectivity index (χ4n) is 0.920. The highest BCUT2D eigenvalue weighted by atomic mass is 127. The zero-order valence-corrected chi connectivity index (χ0v) is 10.3. The lowest BCUT2D eigenvalue weighted by atomic mass is 10.1. The second kappa shape index (κ2) is 4.66. The average Bonchev–Trinajstić information content (AvgIpc) is 2.20. The number of hydrogen-bond donors (Lipinski definition) is 1. The van der Waals surface area contributed by atoms with E-state index in [2.05, 4.69) is 17.4 Å². The van der Waals surface area contributed by atoms with Crippen LogP contribution in [0.3, 0.4) is 0 Å². The van der Waals surface area contributed by atoms with Gasteiger partial charge in [-0.2, -0.15) is 5.26 Å². The van der Waals surface area contributed by atoms with Crippen LogP contribution >= 0.6 is 35.2 Å². The van der Waals surface area contributed by atoms with Crippen LogP contribution in [0.1, 0.15) is 15.9 Å². The Morgan fingerprint density at radius 3 is 2.79 bits per heavy atom. The van der Waals surface area contributed by atoms with Gasteiger partial charge in [0.15, 0.2) is 0 Å². The van der Waals surface area contributed by atoms with E-state index in [-0.39, 0.29) is 0 Å². The van der Waals surface area contributed by atoms with E-state index in [1.807, 2.05) is 28.7 Å². The molecular formula is C9H6INO2S. The maximum absolute atomic E-state index is 11.2. The van der Waals surface area contributed by atoms with Crippen LogP contribution in [0, 0.1) is 14.9 Å². The van der Waals surface area contributed by atoms with E-state index in [0.717, 1.165) is 3.57 Å². The summed E-state index contributed by atoms with van der Waals surface area (Å²) in [4.78, 5) is 11.8. The molecule has 0 spiro atoms. The highest BCUT2D eigenvalue weighted by molar-refractivity contribution is 14.1. The number of nitrogens with zero attached hydrogens (tertiary/aromatic N) is 1. The van der Waals surface area contributed by atoms with Crippen molar-refractivity contribution in [3.05, 3.63) is 26.8 Å². The Morgan fingerprint density at radius 1 is 1.64 bits per heavy atom. The van der Waals surface area contributed by atoms with Crippen molar-refractivity contribution < 1.29 is 9.53 Å². The summed E-state index contributed by atoms with van der Waals surface area (Å²) in [5.74, 6) is -0.451. The van der Waals surface area contributed by atoms with E-state index < -0.39 is 5.97 Å². The van der Waals surface area contributed by atoms with Gasteiger partial charge in [0, 0.05) is 8.47 Å². The number of rotatable bonds is 1. The predicted molar refractivity (Wildman–Crippen MR) is 62.5 cm³/mol. The van der Waals surface area contributed by atoms with Gasteiger partial charge in [-0.05, 0) is 34.7 Å². The molecule has 1 rings (SSSR count). The maximum atomic E-state index is 11.2.